The number of fused-ring (bicyclic) bond motifs is 2. The van der Waals surface area contributed by atoms with Gasteiger partial charge in [0.05, 0.1) is 11.8 Å². The maximum absolute atomic E-state index is 5.98. The summed E-state index contributed by atoms with van der Waals surface area (Å²) in [6.07, 6.45) is 5.43. The largest absolute Gasteiger partial charge is 0.372 e. The molecule has 5 rings (SSSR count). The summed E-state index contributed by atoms with van der Waals surface area (Å²) in [5.41, 5.74) is 6.56. The zero-order chi connectivity index (χ0) is 16.6. The van der Waals surface area contributed by atoms with Crippen LogP contribution in [0.1, 0.15) is 41.3 Å². The van der Waals surface area contributed by atoms with Gasteiger partial charge < -0.3 is 9.72 Å². The molecule has 0 aliphatic carbocycles. The Hall–Kier alpha value is -2.17. The summed E-state index contributed by atoms with van der Waals surface area (Å²) < 4.78 is 5.98. The molecule has 1 atom stereocenters. The van der Waals surface area contributed by atoms with E-state index >= 15 is 0 Å². The fourth-order valence-corrected chi connectivity index (χ4v) is 4.26. The van der Waals surface area contributed by atoms with Gasteiger partial charge in [-0.3, -0.25) is 4.90 Å². The van der Waals surface area contributed by atoms with Gasteiger partial charge in [0.25, 0.3) is 0 Å². The van der Waals surface area contributed by atoms with Gasteiger partial charge in [0.2, 0.25) is 0 Å². The molecule has 1 saturated heterocycles. The first-order valence-corrected chi connectivity index (χ1v) is 9.25. The lowest BCUT2D eigenvalue weighted by atomic mass is 9.98. The average molecular weight is 333 g/mol. The number of ether oxygens (including phenoxy) is 1. The lowest BCUT2D eigenvalue weighted by Crippen LogP contribution is -2.30. The van der Waals surface area contributed by atoms with Gasteiger partial charge >= 0.3 is 0 Å². The molecule has 0 radical (unpaired) electrons. The highest BCUT2D eigenvalue weighted by molar-refractivity contribution is 5.81. The molecular formula is C21H23N3O. The molecule has 1 fully saturated rings. The van der Waals surface area contributed by atoms with Crippen LogP contribution in [0.25, 0.3) is 11.0 Å². The fraction of sp³-hybridized carbons (Fsp3) is 0.381. The Balaban J connectivity index is 1.49. The van der Waals surface area contributed by atoms with Crippen molar-refractivity contribution in [3.05, 3.63) is 65.0 Å². The van der Waals surface area contributed by atoms with Crippen LogP contribution in [0.4, 0.5) is 0 Å². The van der Waals surface area contributed by atoms with Crippen LogP contribution in [-0.2, 0) is 24.2 Å². The number of hydrogen-bond donors (Lipinski definition) is 1. The number of nitrogens with one attached hydrogen (secondary N) is 1. The van der Waals surface area contributed by atoms with Gasteiger partial charge in [-0.2, -0.15) is 0 Å². The lowest BCUT2D eigenvalue weighted by Gasteiger charge is -2.29. The van der Waals surface area contributed by atoms with Crippen LogP contribution >= 0.6 is 0 Å². The number of benzene rings is 1. The van der Waals surface area contributed by atoms with Crippen molar-refractivity contribution in [1.82, 2.24) is 14.9 Å². The number of hydrogen-bond acceptors (Lipinski definition) is 3. The van der Waals surface area contributed by atoms with Crippen molar-refractivity contribution in [2.75, 3.05) is 13.2 Å². The van der Waals surface area contributed by atoms with Crippen LogP contribution in [-0.4, -0.2) is 28.0 Å². The molecule has 25 heavy (non-hydrogen) atoms. The molecule has 2 aliphatic rings. The molecule has 2 aliphatic heterocycles. The second kappa shape index (κ2) is 6.28. The molecule has 4 nitrogen and oxygen atoms in total. The third-order valence-electron chi connectivity index (χ3n) is 5.55. The molecule has 3 aromatic rings. The highest BCUT2D eigenvalue weighted by Gasteiger charge is 2.26. The molecule has 0 spiro atoms. The Morgan fingerprint density at radius 2 is 2.08 bits per heavy atom. The number of rotatable bonds is 3. The van der Waals surface area contributed by atoms with Gasteiger partial charge in [0.15, 0.2) is 0 Å². The summed E-state index contributed by atoms with van der Waals surface area (Å²) in [7, 11) is 0. The number of H-pyrrole nitrogens is 1. The highest BCUT2D eigenvalue weighted by atomic mass is 16.5. The molecule has 0 bridgehead atoms. The van der Waals surface area contributed by atoms with Gasteiger partial charge in [0, 0.05) is 37.8 Å². The Morgan fingerprint density at radius 1 is 1.16 bits per heavy atom. The quantitative estimate of drug-likeness (QED) is 0.788. The fourth-order valence-electron chi connectivity index (χ4n) is 4.26. The van der Waals surface area contributed by atoms with E-state index in [1.807, 2.05) is 12.3 Å². The number of aromatic nitrogens is 2. The van der Waals surface area contributed by atoms with Crippen molar-refractivity contribution in [1.29, 1.82) is 0 Å². The Kier molecular flexibility index (Phi) is 3.80. The Bertz CT molecular complexity index is 895. The minimum atomic E-state index is 0.196. The molecule has 2 aromatic heterocycles. The van der Waals surface area contributed by atoms with E-state index in [9.17, 15) is 0 Å². The van der Waals surface area contributed by atoms with Gasteiger partial charge in [0.1, 0.15) is 5.65 Å². The molecule has 128 valence electrons. The van der Waals surface area contributed by atoms with E-state index in [2.05, 4.69) is 45.2 Å². The SMILES string of the molecule is c1ccc2c(c1)CCN(Cc1c([C@H]3CCCO3)[nH]c3ncccc13)C2. The van der Waals surface area contributed by atoms with E-state index in [0.717, 1.165) is 51.2 Å². The van der Waals surface area contributed by atoms with E-state index < -0.39 is 0 Å². The summed E-state index contributed by atoms with van der Waals surface area (Å²) in [5.74, 6) is 0. The first-order valence-electron chi connectivity index (χ1n) is 9.25. The van der Waals surface area contributed by atoms with Crippen LogP contribution < -0.4 is 0 Å². The Morgan fingerprint density at radius 3 is 2.96 bits per heavy atom. The number of pyridine rings is 1. The average Bonchev–Trinajstić information content (AvgIpc) is 3.30. The third kappa shape index (κ3) is 2.75. The molecule has 0 unspecified atom stereocenters. The van der Waals surface area contributed by atoms with Crippen molar-refractivity contribution in [3.63, 3.8) is 0 Å². The minimum absolute atomic E-state index is 0.196. The summed E-state index contributed by atoms with van der Waals surface area (Å²) in [4.78, 5) is 10.6. The standard InChI is InChI=1S/C21H23N3O/c1-2-6-16-13-24(11-9-15(16)5-1)14-18-17-7-3-10-22-21(17)23-20(18)19-8-4-12-25-19/h1-3,5-7,10,19H,4,8-9,11-14H2,(H,22,23)/t19-/m1/s1. The predicted molar refractivity (Wildman–Crippen MR) is 98.3 cm³/mol. The molecule has 1 aromatic carbocycles. The number of aromatic amines is 1. The lowest BCUT2D eigenvalue weighted by molar-refractivity contribution is 0.107. The number of nitrogens with zero attached hydrogens (tertiary/aromatic N) is 2. The van der Waals surface area contributed by atoms with Crippen molar-refractivity contribution in [3.8, 4) is 0 Å². The van der Waals surface area contributed by atoms with E-state index in [4.69, 9.17) is 4.74 Å². The second-order valence-corrected chi connectivity index (χ2v) is 7.15. The maximum atomic E-state index is 5.98. The molecular weight excluding hydrogens is 310 g/mol. The summed E-state index contributed by atoms with van der Waals surface area (Å²) in [6.45, 7) is 3.95. The molecule has 0 amide bonds. The van der Waals surface area contributed by atoms with Crippen LogP contribution in [0.15, 0.2) is 42.6 Å². The Labute approximate surface area is 147 Å². The van der Waals surface area contributed by atoms with Crippen molar-refractivity contribution in [2.45, 2.75) is 38.5 Å². The first-order chi connectivity index (χ1) is 12.4. The van der Waals surface area contributed by atoms with Gasteiger partial charge in [-0.15, -0.1) is 0 Å². The topological polar surface area (TPSA) is 41.1 Å². The zero-order valence-corrected chi connectivity index (χ0v) is 14.4. The molecule has 4 heterocycles. The summed E-state index contributed by atoms with van der Waals surface area (Å²) in [6, 6.07) is 13.0. The van der Waals surface area contributed by atoms with E-state index in [-0.39, 0.29) is 6.10 Å². The molecule has 1 N–H and O–H groups in total. The van der Waals surface area contributed by atoms with Gasteiger partial charge in [-0.25, -0.2) is 4.98 Å². The van der Waals surface area contributed by atoms with Gasteiger partial charge in [-0.1, -0.05) is 24.3 Å². The van der Waals surface area contributed by atoms with Crippen molar-refractivity contribution < 1.29 is 4.74 Å². The third-order valence-corrected chi connectivity index (χ3v) is 5.55. The van der Waals surface area contributed by atoms with E-state index in [0.29, 0.717) is 0 Å². The van der Waals surface area contributed by atoms with Crippen LogP contribution in [0.5, 0.6) is 0 Å². The highest BCUT2D eigenvalue weighted by Crippen LogP contribution is 2.35. The van der Waals surface area contributed by atoms with Crippen LogP contribution in [0.2, 0.25) is 0 Å². The van der Waals surface area contributed by atoms with Crippen molar-refractivity contribution in [2.24, 2.45) is 0 Å². The van der Waals surface area contributed by atoms with E-state index in [1.165, 1.54) is 27.8 Å². The minimum Gasteiger partial charge on any atom is -0.372 e. The summed E-state index contributed by atoms with van der Waals surface area (Å²) in [5, 5.41) is 1.24. The first kappa shape index (κ1) is 15.1. The zero-order valence-electron chi connectivity index (χ0n) is 14.4. The smallest absolute Gasteiger partial charge is 0.137 e. The molecule has 0 saturated carbocycles. The van der Waals surface area contributed by atoms with Crippen molar-refractivity contribution >= 4 is 11.0 Å². The van der Waals surface area contributed by atoms with Crippen LogP contribution in [0.3, 0.4) is 0 Å². The molecule has 4 heteroatoms. The maximum Gasteiger partial charge on any atom is 0.137 e. The normalized spacial score (nSPS) is 20.9. The second-order valence-electron chi connectivity index (χ2n) is 7.15. The monoisotopic (exact) mass is 333 g/mol. The van der Waals surface area contributed by atoms with E-state index in [1.54, 1.807) is 0 Å². The predicted octanol–water partition coefficient (Wildman–Crippen LogP) is 3.97. The van der Waals surface area contributed by atoms with Crippen LogP contribution in [0, 0.1) is 0 Å². The van der Waals surface area contributed by atoms with Gasteiger partial charge in [-0.05, 0) is 48.1 Å². The summed E-state index contributed by atoms with van der Waals surface area (Å²) >= 11 is 0.